The van der Waals surface area contributed by atoms with Crippen molar-refractivity contribution in [3.63, 3.8) is 0 Å². The van der Waals surface area contributed by atoms with Crippen molar-refractivity contribution in [1.29, 1.82) is 0 Å². The molecule has 0 saturated heterocycles. The Morgan fingerprint density at radius 3 is 1.59 bits per heavy atom. The second-order valence-corrected chi connectivity index (χ2v) is 31.2. The molecule has 0 radical (unpaired) electrons. The Kier molecular flexibility index (Phi) is 24.6. The Morgan fingerprint density at radius 1 is 0.724 bits per heavy atom. The average Bonchev–Trinajstić information content (AvgIpc) is 3.90. The highest BCUT2D eigenvalue weighted by molar-refractivity contribution is 6.70. The summed E-state index contributed by atoms with van der Waals surface area (Å²) in [6.07, 6.45) is 24.8. The zero-order chi connectivity index (χ0) is 57.1. The van der Waals surface area contributed by atoms with Crippen LogP contribution in [0.5, 0.6) is 0 Å². The number of Topliss-reactive ketones (excluding diaryl/α,β-unsaturated/α-hetero) is 1. The molecule has 8 aliphatic carbocycles. The lowest BCUT2D eigenvalue weighted by Gasteiger charge is -2.61. The standard InChI is InChI=1S/C29H50O3Si.C27H42O4.C4H10O.C2H4O.BF3/c1-19-13-15-28(3)21(17-19)18-25(32-33(6,7)8)27-23-11-10-22(20(2)9-12-26(30)31-5)29(23,4)16-14-24(27)28;1-6-18-22-15-17(28)11-13-27(22,4)21-12-14-26(3)19(16(2)7-10-23(29)31-5)8-9-20(26)24(21)25(18)30;1-3-5-4-2;1-2-3;2-1(3)4/h18-24,27H,9-17H2,1-8H3;6,16-17,19-22,24,28H,7-15H2,1-5H3;3-4H2,1-2H3;2H,1H3;/b;18-6+;;;/t19-,20-,21?,22?,23?,24?,27?,28+,29-;16-,17-,19?,20?,21?,22?,24?,26-,27-;;;/m11.../s1. The van der Waals surface area contributed by atoms with E-state index in [1.165, 1.54) is 84.7 Å². The van der Waals surface area contributed by atoms with E-state index >= 15 is 0 Å². The number of aliphatic hydroxyl groups is 1. The molecule has 0 aliphatic heterocycles. The number of ether oxygens (including phenoxy) is 3. The van der Waals surface area contributed by atoms with Crippen LogP contribution in [0.4, 0.5) is 12.9 Å². The topological polar surface area (TPSA) is 125 Å². The maximum Gasteiger partial charge on any atom is 0.762 e. The van der Waals surface area contributed by atoms with Gasteiger partial charge in [-0.1, -0.05) is 61.0 Å². The molecule has 8 aliphatic rings. The molecule has 14 heteroatoms. The first-order valence-electron chi connectivity index (χ1n) is 29.9. The third-order valence-corrected chi connectivity index (χ3v) is 22.5. The Morgan fingerprint density at radius 2 is 1.16 bits per heavy atom. The summed E-state index contributed by atoms with van der Waals surface area (Å²) in [6, 6.07) is 0. The zero-order valence-electron chi connectivity index (χ0n) is 50.4. The van der Waals surface area contributed by atoms with Crippen molar-refractivity contribution in [1.82, 2.24) is 0 Å². The van der Waals surface area contributed by atoms with Gasteiger partial charge in [0.05, 0.1) is 26.1 Å². The zero-order valence-corrected chi connectivity index (χ0v) is 51.4. The first-order valence-corrected chi connectivity index (χ1v) is 33.4. The summed E-state index contributed by atoms with van der Waals surface area (Å²) in [5.41, 5.74) is 2.13. The number of allylic oxidation sites excluding steroid dienone is 4. The second kappa shape index (κ2) is 28.3. The van der Waals surface area contributed by atoms with E-state index in [0.29, 0.717) is 76.8 Å². The molecule has 0 aromatic rings. The van der Waals surface area contributed by atoms with Crippen molar-refractivity contribution in [2.24, 2.45) is 98.6 Å². The van der Waals surface area contributed by atoms with Gasteiger partial charge >= 0.3 is 19.5 Å². The molecule has 76 heavy (non-hydrogen) atoms. The molecule has 0 aromatic carbocycles. The molecule has 0 aromatic heterocycles. The molecule has 0 amide bonds. The summed E-state index contributed by atoms with van der Waals surface area (Å²) >= 11 is 0. The molecule has 0 heterocycles. The Hall–Kier alpha value is -2.45. The highest BCUT2D eigenvalue weighted by atomic mass is 28.4. The lowest BCUT2D eigenvalue weighted by atomic mass is 9.43. The van der Waals surface area contributed by atoms with Gasteiger partial charge in [0.1, 0.15) is 6.29 Å². The number of hydrogen-bond acceptors (Lipinski definition) is 9. The molecule has 18 atom stereocenters. The smallest absolute Gasteiger partial charge is 0.547 e. The number of fused-ring (bicyclic) bond motifs is 10. The van der Waals surface area contributed by atoms with Crippen LogP contribution in [0.25, 0.3) is 0 Å². The fraction of sp³-hybridized carbons (Fsp3) is 0.871. The molecule has 7 saturated carbocycles. The van der Waals surface area contributed by atoms with Crippen molar-refractivity contribution in [2.45, 2.75) is 217 Å². The van der Waals surface area contributed by atoms with Crippen LogP contribution in [0, 0.1) is 98.6 Å². The molecular formula is C62H106BF3O9Si. The monoisotopic (exact) mass is 1090 g/mol. The van der Waals surface area contributed by atoms with Crippen LogP contribution in [0.1, 0.15) is 192 Å². The summed E-state index contributed by atoms with van der Waals surface area (Å²) in [5, 5.41) is 10.4. The number of carbonyl (C=O) groups excluding carboxylic acids is 4. The summed E-state index contributed by atoms with van der Waals surface area (Å²) in [4.78, 5) is 46.2. The maximum absolute atomic E-state index is 13.9. The summed E-state index contributed by atoms with van der Waals surface area (Å²) in [7, 11) is -2.37. The van der Waals surface area contributed by atoms with Crippen molar-refractivity contribution in [3.05, 3.63) is 23.5 Å². The Balaban J connectivity index is 0.000000271. The second-order valence-electron chi connectivity index (χ2n) is 26.8. The molecule has 9 nitrogen and oxygen atoms in total. The van der Waals surface area contributed by atoms with Crippen LogP contribution < -0.4 is 0 Å². The maximum atomic E-state index is 13.9. The molecule has 10 unspecified atom stereocenters. The van der Waals surface area contributed by atoms with Gasteiger partial charge in [0.15, 0.2) is 5.78 Å². The normalized spacial score (nSPS) is 39.1. The van der Waals surface area contributed by atoms with E-state index in [1.54, 1.807) is 0 Å². The van der Waals surface area contributed by atoms with E-state index in [9.17, 15) is 32.4 Å². The molecule has 436 valence electrons. The van der Waals surface area contributed by atoms with Crippen molar-refractivity contribution in [2.75, 3.05) is 27.4 Å². The number of aldehydes is 1. The number of carbonyl (C=O) groups is 4. The molecule has 7 fully saturated rings. The van der Waals surface area contributed by atoms with Gasteiger partial charge < -0.3 is 28.5 Å². The van der Waals surface area contributed by atoms with Gasteiger partial charge in [0.25, 0.3) is 0 Å². The molecule has 0 bridgehead atoms. The van der Waals surface area contributed by atoms with Gasteiger partial charge in [-0.15, -0.1) is 0 Å². The van der Waals surface area contributed by atoms with Gasteiger partial charge in [0, 0.05) is 37.9 Å². The van der Waals surface area contributed by atoms with E-state index in [2.05, 4.69) is 80.3 Å². The van der Waals surface area contributed by atoms with Crippen LogP contribution in [0.15, 0.2) is 23.5 Å². The van der Waals surface area contributed by atoms with E-state index in [4.69, 9.17) is 23.4 Å². The predicted molar refractivity (Wildman–Crippen MR) is 302 cm³/mol. The lowest BCUT2D eigenvalue weighted by molar-refractivity contribution is -0.150. The lowest BCUT2D eigenvalue weighted by Crippen LogP contribution is -2.58. The van der Waals surface area contributed by atoms with Crippen molar-refractivity contribution < 1.29 is 55.9 Å². The summed E-state index contributed by atoms with van der Waals surface area (Å²) in [6.45, 7) is 33.4. The van der Waals surface area contributed by atoms with Crippen LogP contribution in [0.2, 0.25) is 19.6 Å². The largest absolute Gasteiger partial charge is 0.762 e. The van der Waals surface area contributed by atoms with Crippen molar-refractivity contribution >= 4 is 39.9 Å². The van der Waals surface area contributed by atoms with Gasteiger partial charge in [-0.3, -0.25) is 27.3 Å². The van der Waals surface area contributed by atoms with Gasteiger partial charge in [-0.05, 0) is 242 Å². The number of esters is 2. The number of ketones is 1. The fourth-order valence-corrected chi connectivity index (χ4v) is 18.9. The predicted octanol–water partition coefficient (Wildman–Crippen LogP) is 15.3. The summed E-state index contributed by atoms with van der Waals surface area (Å²) < 4.78 is 50.6. The minimum Gasteiger partial charge on any atom is -0.547 e. The fourth-order valence-electron chi connectivity index (χ4n) is 18.0. The Labute approximate surface area is 460 Å². The minimum atomic E-state index is -3.67. The summed E-state index contributed by atoms with van der Waals surface area (Å²) in [5.74, 6) is 8.81. The number of methoxy groups -OCH3 is 2. The number of aliphatic hydroxyl groups excluding tert-OH is 1. The minimum absolute atomic E-state index is 0.0585. The van der Waals surface area contributed by atoms with E-state index < -0.39 is 15.9 Å². The SMILES string of the molecule is C/C=C1/C(=O)C2C(CC[C@@]3(C)C2CCC3[C@H](C)CCC(=O)OC)[C@@]2(C)CC[C@@H](O)CC12.CC=O.CCOCC.COC(=O)CC[C@@H](C)C1CCC2C3C(O[Si](C)(C)C)=CC4C[C@H](C)CC[C@]4(C)C3CC[C@@]21C.FB(F)F. The third kappa shape index (κ3) is 14.9. The quantitative estimate of drug-likeness (QED) is 0.0880. The molecule has 8 rings (SSSR count). The van der Waals surface area contributed by atoms with E-state index in [0.717, 1.165) is 87.8 Å². The Bertz CT molecular complexity index is 1960. The number of hydrogen-bond donors (Lipinski definition) is 1. The highest BCUT2D eigenvalue weighted by Gasteiger charge is 2.65. The van der Waals surface area contributed by atoms with Crippen LogP contribution in [0.3, 0.4) is 0 Å². The first kappa shape index (κ1) is 66.1. The first-order chi connectivity index (χ1) is 35.6. The van der Waals surface area contributed by atoms with Gasteiger partial charge in [-0.25, -0.2) is 0 Å². The van der Waals surface area contributed by atoms with Crippen LogP contribution >= 0.6 is 0 Å². The third-order valence-electron chi connectivity index (χ3n) is 21.6. The molecule has 0 spiro atoms. The van der Waals surface area contributed by atoms with E-state index in [-0.39, 0.29) is 40.7 Å². The highest BCUT2D eigenvalue weighted by Crippen LogP contribution is 2.70. The molecule has 1 N–H and O–H groups in total. The van der Waals surface area contributed by atoms with Crippen LogP contribution in [-0.2, 0) is 37.8 Å². The number of rotatable bonds is 12. The number of halogens is 3. The van der Waals surface area contributed by atoms with Crippen molar-refractivity contribution in [3.8, 4) is 0 Å². The van der Waals surface area contributed by atoms with Gasteiger partial charge in [0.2, 0.25) is 8.32 Å². The average molecular weight is 1090 g/mol. The van der Waals surface area contributed by atoms with E-state index in [1.807, 2.05) is 20.8 Å². The van der Waals surface area contributed by atoms with Gasteiger partial charge in [-0.2, -0.15) is 0 Å². The van der Waals surface area contributed by atoms with Crippen LogP contribution in [-0.4, -0.2) is 78.5 Å². The molecular weight excluding hydrogens is 985 g/mol.